The Kier molecular flexibility index (Phi) is 22.4. The zero-order valence-corrected chi connectivity index (χ0v) is 42.1. The SMILES string of the molecule is C.C.II.Nc1ccc(I)cc1F.O=C(c1ccc(F)c(F)c1Cc1ccc(I)cc1F)N1CC(O)([C@@H]2CCCCN2)C1.O=C(c1ccc(F)c(F)c1F)N1CC(O)([C@@H]2CCCCN2)C1. The second kappa shape index (κ2) is 25.5. The van der Waals surface area contributed by atoms with Gasteiger partial charge in [-0.25, -0.2) is 30.7 Å². The van der Waals surface area contributed by atoms with Crippen molar-refractivity contribution in [1.82, 2.24) is 20.4 Å². The van der Waals surface area contributed by atoms with Crippen molar-refractivity contribution in [2.75, 3.05) is 45.0 Å². The standard InChI is InChI=1S/C22H22F3IN2O2.C15H17F3N2O2.C6H5FIN.2CH4.I2/c23-17-7-6-15(16(20(17)25)9-13-4-5-14(26)10-18(13)24)21(29)28-11-22(30,12-28)19-3-1-2-8-27-19;16-10-5-4-9(12(17)13(10)18)14(21)20-7-15(22,8-20)11-3-1-2-6-19-11;7-5-3-4(8)1-2-6(5)9;;;1-2/h4-7,10,19,27,30H,1-3,8-9,11-12H2;4-5,11,19,22H,1-3,6-8H2;1-3H,9H2;2*1H4;/t19-;11-;;;;/m00..../s1. The van der Waals surface area contributed by atoms with Crippen LogP contribution in [0.4, 0.5) is 36.4 Å². The molecule has 4 aliphatic rings. The summed E-state index contributed by atoms with van der Waals surface area (Å²) in [4.78, 5) is 27.8. The Labute approximate surface area is 425 Å². The number of carbonyl (C=O) groups is 2. The first-order chi connectivity index (χ1) is 29.9. The molecular formula is C45H52F7I4N5O4. The number of likely N-dealkylation sites (tertiary alicyclic amines) is 2. The van der Waals surface area contributed by atoms with Crippen LogP contribution in [-0.4, -0.2) is 94.4 Å². The minimum Gasteiger partial charge on any atom is -0.396 e. The van der Waals surface area contributed by atoms with E-state index in [1.807, 2.05) is 45.2 Å². The maximum absolute atomic E-state index is 14.6. The number of aliphatic hydroxyl groups is 2. The first-order valence-corrected chi connectivity index (χ1v) is 28.2. The van der Waals surface area contributed by atoms with Gasteiger partial charge in [0.25, 0.3) is 11.8 Å². The van der Waals surface area contributed by atoms with Gasteiger partial charge in [-0.3, -0.25) is 9.59 Å². The lowest BCUT2D eigenvalue weighted by atomic mass is 9.81. The van der Waals surface area contributed by atoms with Crippen molar-refractivity contribution in [3.8, 4) is 0 Å². The van der Waals surface area contributed by atoms with E-state index in [0.29, 0.717) is 3.57 Å². The molecule has 0 aliphatic carbocycles. The number of hydrogen-bond acceptors (Lipinski definition) is 7. The first kappa shape index (κ1) is 57.2. The van der Waals surface area contributed by atoms with Crippen LogP contribution in [0.1, 0.15) is 85.2 Å². The minimum atomic E-state index is -1.66. The Hall–Kier alpha value is -2.11. The van der Waals surface area contributed by atoms with E-state index in [4.69, 9.17) is 5.73 Å². The molecule has 0 unspecified atom stereocenters. The van der Waals surface area contributed by atoms with Gasteiger partial charge in [-0.15, -0.1) is 0 Å². The number of piperidine rings is 2. The average molecular weight is 1370 g/mol. The number of halogens is 11. The van der Waals surface area contributed by atoms with Crippen LogP contribution < -0.4 is 16.4 Å². The summed E-state index contributed by atoms with van der Waals surface area (Å²) < 4.78 is 96.5. The molecule has 4 heterocycles. The molecule has 2 amide bonds. The Morgan fingerprint density at radius 3 is 1.51 bits per heavy atom. The number of nitrogens with two attached hydrogens (primary N) is 1. The average Bonchev–Trinajstić information content (AvgIpc) is 3.26. The predicted octanol–water partition coefficient (Wildman–Crippen LogP) is 10.1. The van der Waals surface area contributed by atoms with Crippen LogP contribution in [0.15, 0.2) is 60.7 Å². The fraction of sp³-hybridized carbons (Fsp3) is 0.422. The topological polar surface area (TPSA) is 131 Å². The van der Waals surface area contributed by atoms with E-state index < -0.39 is 63.5 Å². The van der Waals surface area contributed by atoms with E-state index in [1.165, 1.54) is 34.1 Å². The van der Waals surface area contributed by atoms with Crippen LogP contribution in [-0.2, 0) is 6.42 Å². The van der Waals surface area contributed by atoms with Gasteiger partial charge in [0.1, 0.15) is 22.8 Å². The van der Waals surface area contributed by atoms with Gasteiger partial charge in [0.2, 0.25) is 0 Å². The van der Waals surface area contributed by atoms with Crippen molar-refractivity contribution in [2.24, 2.45) is 0 Å². The number of β-amino-alcohol motifs (C(OH)–C–C–N with tert-alkyl or cyclic N) is 2. The quantitative estimate of drug-likeness (QED) is 0.0563. The Morgan fingerprint density at radius 1 is 0.615 bits per heavy atom. The summed E-state index contributed by atoms with van der Waals surface area (Å²) >= 11 is 8.23. The number of hydrogen-bond donors (Lipinski definition) is 5. The fourth-order valence-electron chi connectivity index (χ4n) is 7.93. The van der Waals surface area contributed by atoms with E-state index in [-0.39, 0.29) is 87.7 Å². The van der Waals surface area contributed by atoms with Gasteiger partial charge in [-0.2, -0.15) is 0 Å². The molecule has 2 atom stereocenters. The monoisotopic (exact) mass is 1370 g/mol. The van der Waals surface area contributed by atoms with E-state index in [9.17, 15) is 50.5 Å². The predicted molar refractivity (Wildman–Crippen MR) is 273 cm³/mol. The van der Waals surface area contributed by atoms with Gasteiger partial charge < -0.3 is 36.4 Å². The van der Waals surface area contributed by atoms with Gasteiger partial charge in [-0.05, 0) is 144 Å². The molecule has 0 aromatic heterocycles. The fourth-order valence-corrected chi connectivity index (χ4v) is 8.84. The summed E-state index contributed by atoms with van der Waals surface area (Å²) in [6.45, 7) is 2.01. The van der Waals surface area contributed by atoms with Crippen LogP contribution in [0.25, 0.3) is 0 Å². The van der Waals surface area contributed by atoms with E-state index in [2.05, 4.69) is 47.9 Å². The van der Waals surface area contributed by atoms with Crippen molar-refractivity contribution >= 4 is 99.9 Å². The van der Waals surface area contributed by atoms with Crippen LogP contribution in [0.3, 0.4) is 0 Å². The number of amides is 2. The number of nitrogen functional groups attached to an aromatic ring is 1. The molecular weight excluding hydrogens is 1320 g/mol. The lowest BCUT2D eigenvalue weighted by molar-refractivity contribution is -0.108. The van der Waals surface area contributed by atoms with Crippen molar-refractivity contribution in [1.29, 1.82) is 0 Å². The lowest BCUT2D eigenvalue weighted by Gasteiger charge is -2.51. The Bertz CT molecular complexity index is 2260. The maximum atomic E-state index is 14.6. The molecule has 4 aromatic rings. The van der Waals surface area contributed by atoms with Gasteiger partial charge in [-0.1, -0.05) is 33.8 Å². The summed E-state index contributed by atoms with van der Waals surface area (Å²) in [5.74, 6) is -8.82. The normalized spacial score (nSPS) is 19.1. The zero-order valence-electron chi connectivity index (χ0n) is 33.5. The third kappa shape index (κ3) is 14.0. The van der Waals surface area contributed by atoms with Crippen LogP contribution in [0.5, 0.6) is 0 Å². The van der Waals surface area contributed by atoms with E-state index in [1.54, 1.807) is 18.2 Å². The molecule has 0 bridgehead atoms. The molecule has 4 aliphatic heterocycles. The molecule has 20 heteroatoms. The van der Waals surface area contributed by atoms with Crippen molar-refractivity contribution < 1.29 is 50.5 Å². The highest BCUT2D eigenvalue weighted by molar-refractivity contribution is 15.0. The smallest absolute Gasteiger partial charge is 0.257 e. The van der Waals surface area contributed by atoms with Crippen LogP contribution in [0, 0.1) is 47.9 Å². The summed E-state index contributed by atoms with van der Waals surface area (Å²) in [5, 5.41) is 27.8. The molecule has 0 radical (unpaired) electrons. The largest absolute Gasteiger partial charge is 0.396 e. The first-order valence-electron chi connectivity index (χ1n) is 19.8. The molecule has 0 saturated carbocycles. The molecule has 9 nitrogen and oxygen atoms in total. The maximum Gasteiger partial charge on any atom is 0.257 e. The molecule has 4 saturated heterocycles. The lowest BCUT2D eigenvalue weighted by Crippen LogP contribution is -2.72. The van der Waals surface area contributed by atoms with E-state index >= 15 is 0 Å². The zero-order chi connectivity index (χ0) is 46.2. The van der Waals surface area contributed by atoms with Crippen molar-refractivity contribution in [3.05, 3.63) is 131 Å². The summed E-state index contributed by atoms with van der Waals surface area (Å²) in [6.07, 6.45) is 5.54. The van der Waals surface area contributed by atoms with Gasteiger partial charge in [0.15, 0.2) is 29.1 Å². The van der Waals surface area contributed by atoms with E-state index in [0.717, 1.165) is 73.4 Å². The number of benzene rings is 4. The number of anilines is 1. The molecule has 4 aromatic carbocycles. The summed E-state index contributed by atoms with van der Waals surface area (Å²) in [6, 6.07) is 12.8. The van der Waals surface area contributed by atoms with Crippen molar-refractivity contribution in [2.45, 2.75) is 83.1 Å². The Morgan fingerprint density at radius 2 is 1.06 bits per heavy atom. The summed E-state index contributed by atoms with van der Waals surface area (Å²) in [7, 11) is 0. The molecule has 0 spiro atoms. The highest BCUT2D eigenvalue weighted by Gasteiger charge is 2.51. The molecule has 4 fully saturated rings. The molecule has 65 heavy (non-hydrogen) atoms. The Balaban J connectivity index is 0.000000281. The number of rotatable bonds is 6. The molecule has 8 rings (SSSR count). The summed E-state index contributed by atoms with van der Waals surface area (Å²) in [5.41, 5.74) is 2.84. The van der Waals surface area contributed by atoms with Crippen LogP contribution >= 0.6 is 82.4 Å². The van der Waals surface area contributed by atoms with Gasteiger partial charge in [0.05, 0.1) is 37.4 Å². The number of nitrogens with zero attached hydrogens (tertiary/aromatic N) is 2. The van der Waals surface area contributed by atoms with Crippen LogP contribution in [0.2, 0.25) is 0 Å². The number of nitrogens with one attached hydrogen (secondary N) is 2. The highest BCUT2D eigenvalue weighted by Crippen LogP contribution is 2.33. The third-order valence-electron chi connectivity index (χ3n) is 11.4. The third-order valence-corrected chi connectivity index (χ3v) is 12.7. The van der Waals surface area contributed by atoms with Crippen molar-refractivity contribution in [3.63, 3.8) is 0 Å². The number of carbonyl (C=O) groups excluding carboxylic acids is 2. The molecule has 6 N–H and O–H groups in total. The van der Waals surface area contributed by atoms with Gasteiger partial charge >= 0.3 is 0 Å². The minimum absolute atomic E-state index is 0. The van der Waals surface area contributed by atoms with Gasteiger partial charge in [0, 0.05) is 74.0 Å². The second-order valence-electron chi connectivity index (χ2n) is 15.7. The second-order valence-corrected chi connectivity index (χ2v) is 18.2. The molecule has 358 valence electrons. The highest BCUT2D eigenvalue weighted by atomic mass is 128.